The first-order chi connectivity index (χ1) is 8.54. The van der Waals surface area contributed by atoms with Gasteiger partial charge in [-0.05, 0) is 50.1 Å². The Kier molecular flexibility index (Phi) is 3.66. The van der Waals surface area contributed by atoms with Crippen molar-refractivity contribution in [3.05, 3.63) is 64.5 Å². The zero-order valence-electron chi connectivity index (χ0n) is 11.0. The van der Waals surface area contributed by atoms with Crippen LogP contribution in [0.15, 0.2) is 36.4 Å². The Labute approximate surface area is 107 Å². The molecule has 0 radical (unpaired) electrons. The molecule has 2 aromatic rings. The molecule has 0 spiro atoms. The summed E-state index contributed by atoms with van der Waals surface area (Å²) in [5.74, 6) is 0.502. The minimum Gasteiger partial charge on any atom is -0.489 e. The highest BCUT2D eigenvalue weighted by atomic mass is 19.1. The molecule has 1 nitrogen and oxygen atoms in total. The average Bonchev–Trinajstić information content (AvgIpc) is 2.29. The van der Waals surface area contributed by atoms with E-state index >= 15 is 0 Å². The number of rotatable bonds is 3. The summed E-state index contributed by atoms with van der Waals surface area (Å²) in [5, 5.41) is 0. The number of hydrogen-bond acceptors (Lipinski definition) is 1. The van der Waals surface area contributed by atoms with E-state index in [1.54, 1.807) is 19.1 Å². The van der Waals surface area contributed by atoms with Crippen LogP contribution in [0, 0.1) is 26.6 Å². The monoisotopic (exact) mass is 244 g/mol. The first-order valence-corrected chi connectivity index (χ1v) is 6.01. The molecule has 0 N–H and O–H groups in total. The molecule has 0 unspecified atom stereocenters. The van der Waals surface area contributed by atoms with E-state index in [0.717, 1.165) is 5.56 Å². The highest BCUT2D eigenvalue weighted by Gasteiger charge is 2.01. The van der Waals surface area contributed by atoms with Crippen LogP contribution in [0.4, 0.5) is 4.39 Å². The molecule has 0 aliphatic carbocycles. The third-order valence-corrected chi connectivity index (χ3v) is 2.82. The van der Waals surface area contributed by atoms with Gasteiger partial charge in [-0.1, -0.05) is 29.3 Å². The lowest BCUT2D eigenvalue weighted by atomic mass is 10.1. The number of benzene rings is 2. The molecule has 94 valence electrons. The van der Waals surface area contributed by atoms with Gasteiger partial charge >= 0.3 is 0 Å². The molecule has 0 bridgehead atoms. The summed E-state index contributed by atoms with van der Waals surface area (Å²) in [6, 6.07) is 11.1. The van der Waals surface area contributed by atoms with E-state index in [-0.39, 0.29) is 5.82 Å². The van der Waals surface area contributed by atoms with Gasteiger partial charge in [0.05, 0.1) is 0 Å². The summed E-state index contributed by atoms with van der Waals surface area (Å²) >= 11 is 0. The Balaban J connectivity index is 2.08. The van der Waals surface area contributed by atoms with Gasteiger partial charge in [0.25, 0.3) is 0 Å². The minimum atomic E-state index is -0.200. The van der Waals surface area contributed by atoms with Crippen molar-refractivity contribution in [3.8, 4) is 5.75 Å². The van der Waals surface area contributed by atoms with Crippen LogP contribution in [0.2, 0.25) is 0 Å². The summed E-state index contributed by atoms with van der Waals surface area (Å²) < 4.78 is 18.8. The molecule has 2 rings (SSSR count). The van der Waals surface area contributed by atoms with E-state index in [2.05, 4.69) is 32.0 Å². The second kappa shape index (κ2) is 5.21. The van der Waals surface area contributed by atoms with Crippen LogP contribution in [-0.4, -0.2) is 0 Å². The second-order valence-electron chi connectivity index (χ2n) is 4.70. The van der Waals surface area contributed by atoms with E-state index in [1.165, 1.54) is 17.2 Å². The van der Waals surface area contributed by atoms with Crippen LogP contribution >= 0.6 is 0 Å². The van der Waals surface area contributed by atoms with Crippen LogP contribution in [0.1, 0.15) is 22.3 Å². The van der Waals surface area contributed by atoms with Crippen LogP contribution in [0.5, 0.6) is 5.75 Å². The Morgan fingerprint density at radius 3 is 2.22 bits per heavy atom. The summed E-state index contributed by atoms with van der Waals surface area (Å²) in [6.45, 7) is 6.38. The molecule has 2 heteroatoms. The maximum atomic E-state index is 13.1. The van der Waals surface area contributed by atoms with Crippen molar-refractivity contribution in [2.24, 2.45) is 0 Å². The van der Waals surface area contributed by atoms with Gasteiger partial charge in [0.2, 0.25) is 0 Å². The molecule has 18 heavy (non-hydrogen) atoms. The standard InChI is InChI=1S/C16H17FO/c1-11-6-12(2)8-14(7-11)10-18-15-4-5-16(17)13(3)9-15/h4-9H,10H2,1-3H3. The Morgan fingerprint density at radius 2 is 1.61 bits per heavy atom. The first kappa shape index (κ1) is 12.6. The molecule has 0 aliphatic rings. The molecular weight excluding hydrogens is 227 g/mol. The quantitative estimate of drug-likeness (QED) is 0.780. The molecule has 0 heterocycles. The predicted octanol–water partition coefficient (Wildman–Crippen LogP) is 4.33. The zero-order valence-corrected chi connectivity index (χ0v) is 11.0. The van der Waals surface area contributed by atoms with Crippen molar-refractivity contribution >= 4 is 0 Å². The minimum absolute atomic E-state index is 0.200. The smallest absolute Gasteiger partial charge is 0.126 e. The molecule has 0 amide bonds. The van der Waals surface area contributed by atoms with Gasteiger partial charge in [0.1, 0.15) is 18.2 Å². The van der Waals surface area contributed by atoms with E-state index < -0.39 is 0 Å². The van der Waals surface area contributed by atoms with Crippen LogP contribution < -0.4 is 4.74 Å². The highest BCUT2D eigenvalue weighted by molar-refractivity contribution is 5.31. The van der Waals surface area contributed by atoms with E-state index in [4.69, 9.17) is 4.74 Å². The van der Waals surface area contributed by atoms with Gasteiger partial charge in [0.15, 0.2) is 0 Å². The molecule has 0 aliphatic heterocycles. The summed E-state index contributed by atoms with van der Waals surface area (Å²) in [5.41, 5.74) is 4.19. The van der Waals surface area contributed by atoms with Gasteiger partial charge in [-0.2, -0.15) is 0 Å². The molecule has 0 fully saturated rings. The van der Waals surface area contributed by atoms with E-state index in [0.29, 0.717) is 17.9 Å². The molecular formula is C16H17FO. The molecule has 0 atom stereocenters. The maximum Gasteiger partial charge on any atom is 0.126 e. The normalized spacial score (nSPS) is 10.4. The topological polar surface area (TPSA) is 9.23 Å². The Hall–Kier alpha value is -1.83. The lowest BCUT2D eigenvalue weighted by Gasteiger charge is -2.09. The zero-order chi connectivity index (χ0) is 13.1. The second-order valence-corrected chi connectivity index (χ2v) is 4.70. The molecule has 0 saturated heterocycles. The van der Waals surface area contributed by atoms with Crippen molar-refractivity contribution in [2.45, 2.75) is 27.4 Å². The van der Waals surface area contributed by atoms with Gasteiger partial charge in [-0.3, -0.25) is 0 Å². The fourth-order valence-electron chi connectivity index (χ4n) is 2.03. The van der Waals surface area contributed by atoms with Crippen molar-refractivity contribution in [1.29, 1.82) is 0 Å². The maximum absolute atomic E-state index is 13.1. The van der Waals surface area contributed by atoms with Gasteiger partial charge in [0, 0.05) is 0 Å². The number of halogens is 1. The summed E-state index contributed by atoms with van der Waals surface area (Å²) in [7, 11) is 0. The predicted molar refractivity (Wildman–Crippen MR) is 71.4 cm³/mol. The number of ether oxygens (including phenoxy) is 1. The first-order valence-electron chi connectivity index (χ1n) is 6.01. The number of hydrogen-bond donors (Lipinski definition) is 0. The average molecular weight is 244 g/mol. The van der Waals surface area contributed by atoms with Crippen molar-refractivity contribution in [3.63, 3.8) is 0 Å². The summed E-state index contributed by atoms with van der Waals surface area (Å²) in [4.78, 5) is 0. The van der Waals surface area contributed by atoms with Crippen LogP contribution in [-0.2, 0) is 6.61 Å². The van der Waals surface area contributed by atoms with Crippen molar-refractivity contribution in [1.82, 2.24) is 0 Å². The SMILES string of the molecule is Cc1cc(C)cc(COc2ccc(F)c(C)c2)c1. The number of aryl methyl sites for hydroxylation is 3. The Morgan fingerprint density at radius 1 is 0.944 bits per heavy atom. The Bertz CT molecular complexity index is 541. The van der Waals surface area contributed by atoms with Crippen LogP contribution in [0.25, 0.3) is 0 Å². The van der Waals surface area contributed by atoms with Gasteiger partial charge < -0.3 is 4.74 Å². The largest absolute Gasteiger partial charge is 0.489 e. The molecule has 2 aromatic carbocycles. The third kappa shape index (κ3) is 3.10. The van der Waals surface area contributed by atoms with Gasteiger partial charge in [-0.25, -0.2) is 4.39 Å². The van der Waals surface area contributed by atoms with Crippen molar-refractivity contribution < 1.29 is 9.13 Å². The fraction of sp³-hybridized carbons (Fsp3) is 0.250. The fourth-order valence-corrected chi connectivity index (χ4v) is 2.03. The van der Waals surface area contributed by atoms with E-state index in [9.17, 15) is 4.39 Å². The lowest BCUT2D eigenvalue weighted by Crippen LogP contribution is -1.97. The molecule has 0 saturated carbocycles. The van der Waals surface area contributed by atoms with Crippen LogP contribution in [0.3, 0.4) is 0 Å². The third-order valence-electron chi connectivity index (χ3n) is 2.82. The summed E-state index contributed by atoms with van der Waals surface area (Å²) in [6.07, 6.45) is 0. The van der Waals surface area contributed by atoms with E-state index in [1.807, 2.05) is 0 Å². The van der Waals surface area contributed by atoms with Crippen molar-refractivity contribution in [2.75, 3.05) is 0 Å². The lowest BCUT2D eigenvalue weighted by molar-refractivity contribution is 0.305. The molecule has 0 aromatic heterocycles. The van der Waals surface area contributed by atoms with Gasteiger partial charge in [-0.15, -0.1) is 0 Å². The highest BCUT2D eigenvalue weighted by Crippen LogP contribution is 2.18.